The Kier molecular flexibility index (Phi) is 8.53. The number of nitrogens with one attached hydrogen (secondary N) is 1. The van der Waals surface area contributed by atoms with Crippen LogP contribution < -0.4 is 11.1 Å². The lowest BCUT2D eigenvalue weighted by Crippen LogP contribution is -2.44. The minimum Gasteiger partial charge on any atom is -0.481 e. The summed E-state index contributed by atoms with van der Waals surface area (Å²) in [6.45, 7) is 4.34. The number of halogens is 2. The number of rotatable bonds is 9. The van der Waals surface area contributed by atoms with Gasteiger partial charge in [0.2, 0.25) is 5.91 Å². The molecule has 4 N–H and O–H groups in total. The standard InChI is InChI=1S/C17H24Cl2N2O3/c1-10(2)5-12(8-16(22)23)9-21-17(24)15(20)7-11-3-4-13(18)14(19)6-11/h3-4,6,10,12,15H,5,7-9,20H2,1-2H3,(H,21,24)(H,22,23)/t12-,15+/m0/s1. The molecule has 0 heterocycles. The van der Waals surface area contributed by atoms with Crippen molar-refractivity contribution in [2.24, 2.45) is 17.6 Å². The number of carbonyl (C=O) groups excluding carboxylic acids is 1. The summed E-state index contributed by atoms with van der Waals surface area (Å²) in [6, 6.07) is 4.39. The largest absolute Gasteiger partial charge is 0.481 e. The molecule has 0 saturated heterocycles. The monoisotopic (exact) mass is 374 g/mol. The van der Waals surface area contributed by atoms with E-state index < -0.39 is 12.0 Å². The Labute approximate surface area is 152 Å². The summed E-state index contributed by atoms with van der Waals surface area (Å²) in [4.78, 5) is 23.0. The van der Waals surface area contributed by atoms with Gasteiger partial charge in [-0.3, -0.25) is 9.59 Å². The average Bonchev–Trinajstić information content (AvgIpc) is 2.47. The van der Waals surface area contributed by atoms with Crippen molar-refractivity contribution in [2.75, 3.05) is 6.54 Å². The minimum absolute atomic E-state index is 0.0283. The summed E-state index contributed by atoms with van der Waals surface area (Å²) in [5.74, 6) is -0.921. The Hall–Kier alpha value is -1.30. The first-order valence-corrected chi connectivity index (χ1v) is 8.63. The zero-order valence-corrected chi connectivity index (χ0v) is 15.4. The van der Waals surface area contributed by atoms with Gasteiger partial charge < -0.3 is 16.2 Å². The third kappa shape index (κ3) is 7.51. The van der Waals surface area contributed by atoms with Crippen molar-refractivity contribution in [1.82, 2.24) is 5.32 Å². The number of hydrogen-bond donors (Lipinski definition) is 3. The second kappa shape index (κ2) is 9.87. The Bertz CT molecular complexity index is 579. The van der Waals surface area contributed by atoms with Crippen LogP contribution in [0.1, 0.15) is 32.3 Å². The molecule has 0 aliphatic rings. The van der Waals surface area contributed by atoms with Crippen molar-refractivity contribution < 1.29 is 14.7 Å². The number of hydrogen-bond acceptors (Lipinski definition) is 3. The maximum absolute atomic E-state index is 12.1. The van der Waals surface area contributed by atoms with Crippen LogP contribution in [0.15, 0.2) is 18.2 Å². The topological polar surface area (TPSA) is 92.4 Å². The molecule has 7 heteroatoms. The summed E-state index contributed by atoms with van der Waals surface area (Å²) in [7, 11) is 0. The van der Waals surface area contributed by atoms with E-state index in [0.717, 1.165) is 12.0 Å². The Morgan fingerprint density at radius 2 is 1.92 bits per heavy atom. The minimum atomic E-state index is -0.866. The quantitative estimate of drug-likeness (QED) is 0.618. The number of benzene rings is 1. The number of amides is 1. The molecule has 1 aromatic carbocycles. The van der Waals surface area contributed by atoms with E-state index in [0.29, 0.717) is 28.9 Å². The average molecular weight is 375 g/mol. The van der Waals surface area contributed by atoms with E-state index in [9.17, 15) is 9.59 Å². The van der Waals surface area contributed by atoms with Crippen molar-refractivity contribution in [1.29, 1.82) is 0 Å². The molecule has 2 atom stereocenters. The zero-order chi connectivity index (χ0) is 18.3. The van der Waals surface area contributed by atoms with Gasteiger partial charge in [0.05, 0.1) is 16.1 Å². The van der Waals surface area contributed by atoms with Gasteiger partial charge in [0.15, 0.2) is 0 Å². The summed E-state index contributed by atoms with van der Waals surface area (Å²) in [5, 5.41) is 12.6. The molecule has 0 fully saturated rings. The molecule has 1 rings (SSSR count). The summed E-state index contributed by atoms with van der Waals surface area (Å²) >= 11 is 11.8. The zero-order valence-electron chi connectivity index (χ0n) is 13.9. The van der Waals surface area contributed by atoms with Crippen molar-refractivity contribution in [3.63, 3.8) is 0 Å². The van der Waals surface area contributed by atoms with Crippen molar-refractivity contribution in [2.45, 2.75) is 39.2 Å². The molecular weight excluding hydrogens is 351 g/mol. The number of nitrogens with two attached hydrogens (primary N) is 1. The second-order valence-electron chi connectivity index (χ2n) is 6.40. The molecule has 1 amide bonds. The molecule has 0 radical (unpaired) electrons. The molecule has 0 bridgehead atoms. The normalized spacial score (nSPS) is 13.6. The molecule has 0 unspecified atom stereocenters. The number of carboxylic acid groups (broad SMARTS) is 1. The first-order chi connectivity index (χ1) is 11.2. The molecule has 134 valence electrons. The van der Waals surface area contributed by atoms with Crippen LogP contribution in [-0.4, -0.2) is 29.6 Å². The van der Waals surface area contributed by atoms with Gasteiger partial charge in [-0.1, -0.05) is 43.1 Å². The fourth-order valence-electron chi connectivity index (χ4n) is 2.54. The molecule has 0 saturated carbocycles. The fraction of sp³-hybridized carbons (Fsp3) is 0.529. The van der Waals surface area contributed by atoms with Gasteiger partial charge in [-0.2, -0.15) is 0 Å². The lowest BCUT2D eigenvalue weighted by molar-refractivity contribution is -0.138. The van der Waals surface area contributed by atoms with Crippen LogP contribution in [0.2, 0.25) is 10.0 Å². The predicted octanol–water partition coefficient (Wildman–Crippen LogP) is 3.12. The van der Waals surface area contributed by atoms with E-state index in [4.69, 9.17) is 34.0 Å². The van der Waals surface area contributed by atoms with Crippen molar-refractivity contribution >= 4 is 35.1 Å². The molecule has 1 aromatic rings. The number of carbonyl (C=O) groups is 2. The van der Waals surface area contributed by atoms with Gasteiger partial charge in [0.25, 0.3) is 0 Å². The van der Waals surface area contributed by atoms with Crippen LogP contribution >= 0.6 is 23.2 Å². The van der Waals surface area contributed by atoms with E-state index in [1.165, 1.54) is 0 Å². The highest BCUT2D eigenvalue weighted by Crippen LogP contribution is 2.23. The summed E-state index contributed by atoms with van der Waals surface area (Å²) in [5.41, 5.74) is 6.74. The van der Waals surface area contributed by atoms with E-state index in [2.05, 4.69) is 5.32 Å². The first-order valence-electron chi connectivity index (χ1n) is 7.88. The third-order valence-corrected chi connectivity index (χ3v) is 4.35. The Morgan fingerprint density at radius 1 is 1.25 bits per heavy atom. The van der Waals surface area contributed by atoms with Gasteiger partial charge in [-0.15, -0.1) is 0 Å². The van der Waals surface area contributed by atoms with Crippen LogP contribution in [0.3, 0.4) is 0 Å². The van der Waals surface area contributed by atoms with E-state index in [-0.39, 0.29) is 18.2 Å². The molecule has 24 heavy (non-hydrogen) atoms. The first kappa shape index (κ1) is 20.7. The van der Waals surface area contributed by atoms with Gasteiger partial charge >= 0.3 is 5.97 Å². The van der Waals surface area contributed by atoms with Crippen molar-refractivity contribution in [3.8, 4) is 0 Å². The fourth-order valence-corrected chi connectivity index (χ4v) is 2.86. The van der Waals surface area contributed by atoms with Crippen LogP contribution in [0.4, 0.5) is 0 Å². The Morgan fingerprint density at radius 3 is 2.46 bits per heavy atom. The molecule has 0 spiro atoms. The van der Waals surface area contributed by atoms with Crippen molar-refractivity contribution in [3.05, 3.63) is 33.8 Å². The van der Waals surface area contributed by atoms with Crippen LogP contribution in [-0.2, 0) is 16.0 Å². The number of aliphatic carboxylic acids is 1. The van der Waals surface area contributed by atoms with Crippen LogP contribution in [0.25, 0.3) is 0 Å². The highest BCUT2D eigenvalue weighted by molar-refractivity contribution is 6.42. The highest BCUT2D eigenvalue weighted by Gasteiger charge is 2.19. The highest BCUT2D eigenvalue weighted by atomic mass is 35.5. The smallest absolute Gasteiger partial charge is 0.303 e. The maximum Gasteiger partial charge on any atom is 0.303 e. The molecular formula is C17H24Cl2N2O3. The molecule has 0 aromatic heterocycles. The maximum atomic E-state index is 12.1. The van der Waals surface area contributed by atoms with E-state index in [1.54, 1.807) is 18.2 Å². The van der Waals surface area contributed by atoms with Gasteiger partial charge in [-0.25, -0.2) is 0 Å². The summed E-state index contributed by atoms with van der Waals surface area (Å²) < 4.78 is 0. The van der Waals surface area contributed by atoms with Gasteiger partial charge in [0, 0.05) is 13.0 Å². The van der Waals surface area contributed by atoms with E-state index in [1.807, 2.05) is 13.8 Å². The molecule has 5 nitrogen and oxygen atoms in total. The third-order valence-electron chi connectivity index (χ3n) is 3.61. The lowest BCUT2D eigenvalue weighted by Gasteiger charge is -2.19. The van der Waals surface area contributed by atoms with Gasteiger partial charge in [-0.05, 0) is 42.4 Å². The predicted molar refractivity (Wildman–Crippen MR) is 96.3 cm³/mol. The molecule has 0 aliphatic carbocycles. The SMILES string of the molecule is CC(C)C[C@H](CNC(=O)[C@H](N)Cc1ccc(Cl)c(Cl)c1)CC(=O)O. The van der Waals surface area contributed by atoms with Gasteiger partial charge in [0.1, 0.15) is 0 Å². The van der Waals surface area contributed by atoms with Crippen LogP contribution in [0.5, 0.6) is 0 Å². The second-order valence-corrected chi connectivity index (χ2v) is 7.21. The Balaban J connectivity index is 2.55. The lowest BCUT2D eigenvalue weighted by atomic mass is 9.94. The summed E-state index contributed by atoms with van der Waals surface area (Å²) in [6.07, 6.45) is 1.09. The molecule has 0 aliphatic heterocycles. The van der Waals surface area contributed by atoms with E-state index >= 15 is 0 Å². The van der Waals surface area contributed by atoms with Crippen LogP contribution in [0, 0.1) is 11.8 Å². The number of carboxylic acids is 1.